The molecule has 1 aliphatic rings. The molecule has 0 heterocycles. The first-order valence-electron chi connectivity index (χ1n) is 4.97. The Morgan fingerprint density at radius 1 is 1.62 bits per heavy atom. The summed E-state index contributed by atoms with van der Waals surface area (Å²) in [4.78, 5) is 0. The fourth-order valence-corrected chi connectivity index (χ4v) is 2.10. The van der Waals surface area contributed by atoms with Crippen LogP contribution in [0.5, 0.6) is 0 Å². The number of nitriles is 1. The van der Waals surface area contributed by atoms with Gasteiger partial charge in [-0.2, -0.15) is 17.0 Å². The average Bonchev–Trinajstić information content (AvgIpc) is 2.89. The van der Waals surface area contributed by atoms with Crippen LogP contribution < -0.4 is 5.32 Å². The van der Waals surface area contributed by atoms with Crippen molar-refractivity contribution in [2.45, 2.75) is 44.7 Å². The summed E-state index contributed by atoms with van der Waals surface area (Å²) in [7, 11) is 0. The minimum atomic E-state index is -0.288. The van der Waals surface area contributed by atoms with E-state index in [9.17, 15) is 0 Å². The zero-order valence-corrected chi connectivity index (χ0v) is 9.28. The maximum atomic E-state index is 9.04. The molecule has 0 spiro atoms. The quantitative estimate of drug-likeness (QED) is 0.664. The van der Waals surface area contributed by atoms with E-state index in [1.807, 2.05) is 18.7 Å². The molecule has 1 fully saturated rings. The Balaban J connectivity index is 2.25. The lowest BCUT2D eigenvalue weighted by Gasteiger charge is -2.22. The first kappa shape index (κ1) is 10.9. The third-order valence-corrected chi connectivity index (χ3v) is 3.20. The van der Waals surface area contributed by atoms with Gasteiger partial charge in [-0.1, -0.05) is 6.92 Å². The molecular weight excluding hydrogens is 180 g/mol. The van der Waals surface area contributed by atoms with E-state index in [4.69, 9.17) is 5.26 Å². The normalized spacial score (nSPS) is 20.7. The number of hydrogen-bond acceptors (Lipinski definition) is 3. The summed E-state index contributed by atoms with van der Waals surface area (Å²) in [6.45, 7) is 4.17. The molecule has 1 N–H and O–H groups in total. The second kappa shape index (κ2) is 4.88. The molecule has 1 atom stereocenters. The zero-order valence-electron chi connectivity index (χ0n) is 8.47. The van der Waals surface area contributed by atoms with E-state index in [0.717, 1.165) is 17.9 Å². The Bertz CT molecular complexity index is 196. The fourth-order valence-electron chi connectivity index (χ4n) is 1.26. The molecule has 1 aliphatic carbocycles. The van der Waals surface area contributed by atoms with Crippen molar-refractivity contribution in [1.29, 1.82) is 5.26 Å². The minimum absolute atomic E-state index is 0.288. The van der Waals surface area contributed by atoms with Gasteiger partial charge < -0.3 is 0 Å². The van der Waals surface area contributed by atoms with Gasteiger partial charge in [0.15, 0.2) is 0 Å². The van der Waals surface area contributed by atoms with Crippen LogP contribution >= 0.6 is 11.8 Å². The molecule has 0 aromatic heterocycles. The average molecular weight is 198 g/mol. The summed E-state index contributed by atoms with van der Waals surface area (Å²) in [6, 6.07) is 3.01. The highest BCUT2D eigenvalue weighted by atomic mass is 32.2. The monoisotopic (exact) mass is 198 g/mol. The number of rotatable bonds is 6. The summed E-state index contributed by atoms with van der Waals surface area (Å²) in [5.74, 6) is 2.23. The summed E-state index contributed by atoms with van der Waals surface area (Å²) >= 11 is 1.91. The molecule has 1 rings (SSSR count). The standard InChI is InChI=1S/C10H18N2S/c1-3-13-7-6-10(2,8-11)12-9-4-5-9/h9,12H,3-7H2,1-2H3. The first-order valence-corrected chi connectivity index (χ1v) is 6.12. The molecular formula is C10H18N2S. The van der Waals surface area contributed by atoms with Gasteiger partial charge in [0, 0.05) is 6.04 Å². The van der Waals surface area contributed by atoms with Gasteiger partial charge in [0.25, 0.3) is 0 Å². The van der Waals surface area contributed by atoms with E-state index in [-0.39, 0.29) is 5.54 Å². The Hall–Kier alpha value is -0.200. The molecule has 2 nitrogen and oxygen atoms in total. The lowest BCUT2D eigenvalue weighted by Crippen LogP contribution is -2.42. The van der Waals surface area contributed by atoms with Gasteiger partial charge in [-0.15, -0.1) is 0 Å². The summed E-state index contributed by atoms with van der Waals surface area (Å²) in [5.41, 5.74) is -0.288. The Morgan fingerprint density at radius 2 is 2.31 bits per heavy atom. The van der Waals surface area contributed by atoms with Crippen LogP contribution in [0, 0.1) is 11.3 Å². The highest BCUT2D eigenvalue weighted by Crippen LogP contribution is 2.24. The fraction of sp³-hybridized carbons (Fsp3) is 0.900. The van der Waals surface area contributed by atoms with Gasteiger partial charge >= 0.3 is 0 Å². The summed E-state index contributed by atoms with van der Waals surface area (Å²) in [5, 5.41) is 12.4. The predicted molar refractivity (Wildman–Crippen MR) is 57.8 cm³/mol. The zero-order chi connectivity index (χ0) is 9.73. The topological polar surface area (TPSA) is 35.8 Å². The number of thioether (sulfide) groups is 1. The number of nitrogens with zero attached hydrogens (tertiary/aromatic N) is 1. The van der Waals surface area contributed by atoms with Crippen molar-refractivity contribution in [3.63, 3.8) is 0 Å². The van der Waals surface area contributed by atoms with Gasteiger partial charge in [-0.25, -0.2) is 0 Å². The third kappa shape index (κ3) is 4.02. The predicted octanol–water partition coefficient (Wildman–Crippen LogP) is 2.16. The van der Waals surface area contributed by atoms with Crippen molar-refractivity contribution in [2.75, 3.05) is 11.5 Å². The van der Waals surface area contributed by atoms with E-state index < -0.39 is 0 Å². The SMILES string of the molecule is CCSCCC(C)(C#N)NC1CC1. The molecule has 0 bridgehead atoms. The van der Waals surface area contributed by atoms with Gasteiger partial charge in [0.05, 0.1) is 6.07 Å². The van der Waals surface area contributed by atoms with Crippen LogP contribution in [0.1, 0.15) is 33.1 Å². The van der Waals surface area contributed by atoms with Crippen LogP contribution in [0.3, 0.4) is 0 Å². The molecule has 0 saturated heterocycles. The lowest BCUT2D eigenvalue weighted by molar-refractivity contribution is 0.434. The van der Waals surface area contributed by atoms with Crippen LogP contribution in [-0.4, -0.2) is 23.1 Å². The van der Waals surface area contributed by atoms with Crippen LogP contribution in [0.15, 0.2) is 0 Å². The van der Waals surface area contributed by atoms with E-state index >= 15 is 0 Å². The van der Waals surface area contributed by atoms with Crippen molar-refractivity contribution in [3.8, 4) is 6.07 Å². The molecule has 0 aromatic rings. The molecule has 3 heteroatoms. The Kier molecular flexibility index (Phi) is 4.08. The first-order chi connectivity index (χ1) is 6.20. The Morgan fingerprint density at radius 3 is 2.77 bits per heavy atom. The molecule has 1 unspecified atom stereocenters. The van der Waals surface area contributed by atoms with E-state index in [1.54, 1.807) is 0 Å². The van der Waals surface area contributed by atoms with Gasteiger partial charge in [-0.3, -0.25) is 5.32 Å². The molecule has 13 heavy (non-hydrogen) atoms. The molecule has 0 amide bonds. The smallest absolute Gasteiger partial charge is 0.104 e. The van der Waals surface area contributed by atoms with Gasteiger partial charge in [0.2, 0.25) is 0 Å². The van der Waals surface area contributed by atoms with Crippen molar-refractivity contribution in [3.05, 3.63) is 0 Å². The van der Waals surface area contributed by atoms with Crippen LogP contribution in [0.25, 0.3) is 0 Å². The molecule has 1 saturated carbocycles. The van der Waals surface area contributed by atoms with Crippen LogP contribution in [0.2, 0.25) is 0 Å². The Labute approximate surface area is 85.1 Å². The third-order valence-electron chi connectivity index (χ3n) is 2.30. The number of hydrogen-bond donors (Lipinski definition) is 1. The van der Waals surface area contributed by atoms with E-state index in [1.165, 1.54) is 12.8 Å². The van der Waals surface area contributed by atoms with Crippen molar-refractivity contribution >= 4 is 11.8 Å². The second-order valence-corrected chi connectivity index (χ2v) is 5.20. The van der Waals surface area contributed by atoms with Gasteiger partial charge in [0.1, 0.15) is 5.54 Å². The molecule has 0 aliphatic heterocycles. The van der Waals surface area contributed by atoms with Crippen LogP contribution in [-0.2, 0) is 0 Å². The van der Waals surface area contributed by atoms with Gasteiger partial charge in [-0.05, 0) is 37.7 Å². The number of nitrogens with one attached hydrogen (secondary N) is 1. The van der Waals surface area contributed by atoms with Crippen LogP contribution in [0.4, 0.5) is 0 Å². The maximum absolute atomic E-state index is 9.04. The van der Waals surface area contributed by atoms with Crippen molar-refractivity contribution in [1.82, 2.24) is 5.32 Å². The molecule has 0 radical (unpaired) electrons. The second-order valence-electron chi connectivity index (χ2n) is 3.81. The minimum Gasteiger partial charge on any atom is -0.297 e. The lowest BCUT2D eigenvalue weighted by atomic mass is 10.0. The van der Waals surface area contributed by atoms with E-state index in [2.05, 4.69) is 18.3 Å². The van der Waals surface area contributed by atoms with E-state index in [0.29, 0.717) is 6.04 Å². The molecule has 0 aromatic carbocycles. The highest BCUT2D eigenvalue weighted by Gasteiger charge is 2.31. The largest absolute Gasteiger partial charge is 0.297 e. The molecule has 74 valence electrons. The summed E-state index contributed by atoms with van der Waals surface area (Å²) < 4.78 is 0. The van der Waals surface area contributed by atoms with Crippen molar-refractivity contribution in [2.24, 2.45) is 0 Å². The van der Waals surface area contributed by atoms with Crippen molar-refractivity contribution < 1.29 is 0 Å². The maximum Gasteiger partial charge on any atom is 0.104 e. The summed E-state index contributed by atoms with van der Waals surface area (Å²) in [6.07, 6.45) is 3.45. The highest BCUT2D eigenvalue weighted by molar-refractivity contribution is 7.99.